The van der Waals surface area contributed by atoms with Gasteiger partial charge in [-0.2, -0.15) is 0 Å². The van der Waals surface area contributed by atoms with E-state index in [1.807, 2.05) is 0 Å². The van der Waals surface area contributed by atoms with E-state index in [0.29, 0.717) is 0 Å². The van der Waals surface area contributed by atoms with Gasteiger partial charge in [-0.15, -0.1) is 0 Å². The molecule has 0 spiro atoms. The van der Waals surface area contributed by atoms with E-state index in [1.54, 1.807) is 0 Å². The maximum Gasteiger partial charge on any atom is 0.00703 e. The Labute approximate surface area is 76.1 Å². The van der Waals surface area contributed by atoms with Gasteiger partial charge in [0, 0.05) is 12.1 Å². The molecule has 0 aliphatic carbocycles. The van der Waals surface area contributed by atoms with Crippen LogP contribution in [0.5, 0.6) is 0 Å². The molecule has 1 saturated heterocycles. The van der Waals surface area contributed by atoms with Gasteiger partial charge in [-0.25, -0.2) is 0 Å². The molecule has 0 aromatic rings. The number of unbranched alkanes of at least 4 members (excludes halogenated alkanes) is 1. The summed E-state index contributed by atoms with van der Waals surface area (Å²) in [4.78, 5) is 2.62. The van der Waals surface area contributed by atoms with Gasteiger partial charge in [0.1, 0.15) is 0 Å². The highest BCUT2D eigenvalue weighted by molar-refractivity contribution is 4.81. The maximum absolute atomic E-state index is 5.46. The molecule has 0 aromatic heterocycles. The van der Waals surface area contributed by atoms with E-state index in [4.69, 9.17) is 5.73 Å². The summed E-state index contributed by atoms with van der Waals surface area (Å²) in [7, 11) is 0. The molecule has 0 amide bonds. The molecule has 72 valence electrons. The Morgan fingerprint density at radius 1 is 1.17 bits per heavy atom. The first kappa shape index (κ1) is 10.0. The van der Waals surface area contributed by atoms with Crippen LogP contribution < -0.4 is 5.73 Å². The minimum absolute atomic E-state index is 0.803. The number of hydrogen-bond donors (Lipinski definition) is 1. The highest BCUT2D eigenvalue weighted by Gasteiger charge is 2.25. The molecule has 1 heterocycles. The van der Waals surface area contributed by atoms with Gasteiger partial charge in [0.15, 0.2) is 0 Å². The molecule has 1 fully saturated rings. The fourth-order valence-electron chi connectivity index (χ4n) is 2.13. The largest absolute Gasteiger partial charge is 0.330 e. The number of nitrogens with zero attached hydrogens (tertiary/aromatic N) is 1. The van der Waals surface area contributed by atoms with E-state index < -0.39 is 0 Å². The predicted molar refractivity (Wildman–Crippen MR) is 53.2 cm³/mol. The fourth-order valence-corrected chi connectivity index (χ4v) is 2.13. The van der Waals surface area contributed by atoms with Crippen LogP contribution in [0.15, 0.2) is 0 Å². The molecule has 2 nitrogen and oxygen atoms in total. The highest BCUT2D eigenvalue weighted by atomic mass is 15.2. The molecule has 1 rings (SSSR count). The molecule has 0 saturated carbocycles. The number of hydrogen-bond acceptors (Lipinski definition) is 2. The first-order chi connectivity index (χ1) is 5.75. The summed E-state index contributed by atoms with van der Waals surface area (Å²) in [6.45, 7) is 6.77. The molecule has 0 radical (unpaired) electrons. The van der Waals surface area contributed by atoms with Crippen molar-refractivity contribution in [3.05, 3.63) is 0 Å². The van der Waals surface area contributed by atoms with Gasteiger partial charge in [-0.3, -0.25) is 4.90 Å². The van der Waals surface area contributed by atoms with Crippen molar-refractivity contribution in [2.45, 2.75) is 51.6 Å². The van der Waals surface area contributed by atoms with Crippen LogP contribution in [0.3, 0.4) is 0 Å². The lowest BCUT2D eigenvalue weighted by molar-refractivity contribution is 0.210. The van der Waals surface area contributed by atoms with Gasteiger partial charge >= 0.3 is 0 Å². The Kier molecular flexibility index (Phi) is 4.02. The number of nitrogens with two attached hydrogens (primary N) is 1. The summed E-state index contributed by atoms with van der Waals surface area (Å²) in [5.74, 6) is 0. The molecule has 2 heteroatoms. The van der Waals surface area contributed by atoms with E-state index in [9.17, 15) is 0 Å². The van der Waals surface area contributed by atoms with Crippen LogP contribution in [0.1, 0.15) is 39.5 Å². The summed E-state index contributed by atoms with van der Waals surface area (Å²) in [6, 6.07) is 1.61. The summed E-state index contributed by atoms with van der Waals surface area (Å²) in [6.07, 6.45) is 5.20. The average Bonchev–Trinajstić information content (AvgIpc) is 2.35. The Morgan fingerprint density at radius 2 is 1.75 bits per heavy atom. The summed E-state index contributed by atoms with van der Waals surface area (Å²) in [5, 5.41) is 0. The van der Waals surface area contributed by atoms with Crippen molar-refractivity contribution in [3.63, 3.8) is 0 Å². The molecule has 1 aliphatic heterocycles. The second-order valence-electron chi connectivity index (χ2n) is 4.01. The van der Waals surface area contributed by atoms with E-state index >= 15 is 0 Å². The molecule has 2 unspecified atom stereocenters. The van der Waals surface area contributed by atoms with Crippen LogP contribution >= 0.6 is 0 Å². The van der Waals surface area contributed by atoms with E-state index in [0.717, 1.165) is 18.6 Å². The minimum atomic E-state index is 0.803. The van der Waals surface area contributed by atoms with Gasteiger partial charge in [-0.05, 0) is 52.6 Å². The van der Waals surface area contributed by atoms with Crippen LogP contribution in [0.2, 0.25) is 0 Å². The summed E-state index contributed by atoms with van der Waals surface area (Å²) < 4.78 is 0. The second kappa shape index (κ2) is 4.83. The van der Waals surface area contributed by atoms with Crippen LogP contribution in [-0.4, -0.2) is 30.1 Å². The molecular weight excluding hydrogens is 148 g/mol. The quantitative estimate of drug-likeness (QED) is 0.649. The highest BCUT2D eigenvalue weighted by Crippen LogP contribution is 2.23. The Hall–Kier alpha value is -0.0800. The lowest BCUT2D eigenvalue weighted by atomic mass is 10.2. The van der Waals surface area contributed by atoms with Crippen LogP contribution in [-0.2, 0) is 0 Å². The zero-order valence-electron chi connectivity index (χ0n) is 8.42. The summed E-state index contributed by atoms with van der Waals surface area (Å²) >= 11 is 0. The molecule has 2 atom stereocenters. The topological polar surface area (TPSA) is 29.3 Å². The minimum Gasteiger partial charge on any atom is -0.330 e. The van der Waals surface area contributed by atoms with Gasteiger partial charge in [0.25, 0.3) is 0 Å². The van der Waals surface area contributed by atoms with Crippen LogP contribution in [0.4, 0.5) is 0 Å². The molecule has 1 aliphatic rings. The third-order valence-corrected chi connectivity index (χ3v) is 3.00. The second-order valence-corrected chi connectivity index (χ2v) is 4.01. The molecule has 0 bridgehead atoms. The standard InChI is InChI=1S/C10H22N2/c1-9-5-6-10(2)12(9)8-4-3-7-11/h9-10H,3-8,11H2,1-2H3. The van der Waals surface area contributed by atoms with Crippen LogP contribution in [0, 0.1) is 0 Å². The van der Waals surface area contributed by atoms with Gasteiger partial charge in [-0.1, -0.05) is 0 Å². The predicted octanol–water partition coefficient (Wildman–Crippen LogP) is 1.60. The lowest BCUT2D eigenvalue weighted by Gasteiger charge is -2.25. The monoisotopic (exact) mass is 170 g/mol. The fraction of sp³-hybridized carbons (Fsp3) is 1.00. The Morgan fingerprint density at radius 3 is 2.25 bits per heavy atom. The third kappa shape index (κ3) is 2.46. The third-order valence-electron chi connectivity index (χ3n) is 3.00. The zero-order chi connectivity index (χ0) is 8.97. The van der Waals surface area contributed by atoms with Crippen molar-refractivity contribution >= 4 is 0 Å². The van der Waals surface area contributed by atoms with Crippen molar-refractivity contribution in [3.8, 4) is 0 Å². The van der Waals surface area contributed by atoms with Crippen molar-refractivity contribution in [2.75, 3.05) is 13.1 Å². The van der Waals surface area contributed by atoms with Crippen molar-refractivity contribution in [2.24, 2.45) is 5.73 Å². The van der Waals surface area contributed by atoms with Crippen molar-refractivity contribution < 1.29 is 0 Å². The summed E-state index contributed by atoms with van der Waals surface area (Å²) in [5.41, 5.74) is 5.46. The van der Waals surface area contributed by atoms with Gasteiger partial charge in [0.2, 0.25) is 0 Å². The smallest absolute Gasteiger partial charge is 0.00703 e. The Balaban J connectivity index is 2.20. The molecule has 0 aromatic carbocycles. The number of likely N-dealkylation sites (tertiary alicyclic amines) is 1. The SMILES string of the molecule is CC1CCC(C)N1CCCCN. The lowest BCUT2D eigenvalue weighted by Crippen LogP contribution is -2.33. The first-order valence-electron chi connectivity index (χ1n) is 5.21. The maximum atomic E-state index is 5.46. The first-order valence-corrected chi connectivity index (χ1v) is 5.21. The zero-order valence-corrected chi connectivity index (χ0v) is 8.42. The van der Waals surface area contributed by atoms with Crippen molar-refractivity contribution in [1.29, 1.82) is 0 Å². The number of rotatable bonds is 4. The molecule has 2 N–H and O–H groups in total. The van der Waals surface area contributed by atoms with Gasteiger partial charge < -0.3 is 5.73 Å². The van der Waals surface area contributed by atoms with E-state index in [1.165, 1.54) is 32.2 Å². The van der Waals surface area contributed by atoms with Gasteiger partial charge in [0.05, 0.1) is 0 Å². The van der Waals surface area contributed by atoms with Crippen LogP contribution in [0.25, 0.3) is 0 Å². The Bertz CT molecular complexity index is 115. The van der Waals surface area contributed by atoms with E-state index in [2.05, 4.69) is 18.7 Å². The van der Waals surface area contributed by atoms with Crippen molar-refractivity contribution in [1.82, 2.24) is 4.90 Å². The molecular formula is C10H22N2. The molecule has 12 heavy (non-hydrogen) atoms. The van der Waals surface area contributed by atoms with E-state index in [-0.39, 0.29) is 0 Å². The average molecular weight is 170 g/mol. The normalized spacial score (nSPS) is 31.2.